The molecule has 0 amide bonds. The summed E-state index contributed by atoms with van der Waals surface area (Å²) in [6.45, 7) is 1.67. The van der Waals surface area contributed by atoms with Crippen LogP contribution in [-0.2, 0) is 9.53 Å². The van der Waals surface area contributed by atoms with Crippen molar-refractivity contribution in [2.45, 2.75) is 6.42 Å². The third-order valence-corrected chi connectivity index (χ3v) is 2.17. The molecule has 0 radical (unpaired) electrons. The van der Waals surface area contributed by atoms with Gasteiger partial charge in [0.15, 0.2) is 0 Å². The number of methoxy groups -OCH3 is 1. The number of nitrogens with one attached hydrogen (secondary N) is 1. The minimum Gasteiger partial charge on any atom is -0.481 e. The van der Waals surface area contributed by atoms with Gasteiger partial charge in [-0.3, -0.25) is 4.79 Å². The molecule has 0 aromatic carbocycles. The molecule has 0 spiro atoms. The van der Waals surface area contributed by atoms with Crippen LogP contribution in [0.5, 0.6) is 0 Å². The van der Waals surface area contributed by atoms with Gasteiger partial charge in [0.1, 0.15) is 0 Å². The minimum absolute atomic E-state index is 0.522. The van der Waals surface area contributed by atoms with E-state index in [9.17, 15) is 4.79 Å². The fraction of sp³-hybridized carbons (Fsp3) is 0.857. The lowest BCUT2D eigenvalue weighted by atomic mass is 9.79. The molecule has 0 saturated carbocycles. The third-order valence-electron chi connectivity index (χ3n) is 2.17. The monoisotopic (exact) mass is 159 g/mol. The van der Waals surface area contributed by atoms with Crippen molar-refractivity contribution in [1.29, 1.82) is 0 Å². The molecule has 4 heteroatoms. The number of carbonyl (C=O) groups is 1. The summed E-state index contributed by atoms with van der Waals surface area (Å²) >= 11 is 0. The fourth-order valence-corrected chi connectivity index (χ4v) is 1.16. The van der Waals surface area contributed by atoms with E-state index >= 15 is 0 Å². The van der Waals surface area contributed by atoms with Crippen molar-refractivity contribution in [3.63, 3.8) is 0 Å². The lowest BCUT2D eigenvalue weighted by Gasteiger charge is -2.38. The predicted octanol–water partition coefficient (Wildman–Crippen LogP) is -0.303. The average Bonchev–Trinajstić information content (AvgIpc) is 1.85. The van der Waals surface area contributed by atoms with E-state index in [0.29, 0.717) is 26.1 Å². The summed E-state index contributed by atoms with van der Waals surface area (Å²) in [5.41, 5.74) is -0.546. The van der Waals surface area contributed by atoms with Gasteiger partial charge in [-0.15, -0.1) is 0 Å². The van der Waals surface area contributed by atoms with Crippen LogP contribution in [0.4, 0.5) is 0 Å². The second-order valence-electron chi connectivity index (χ2n) is 2.93. The number of aliphatic carboxylic acids is 1. The summed E-state index contributed by atoms with van der Waals surface area (Å²) in [6, 6.07) is 0. The van der Waals surface area contributed by atoms with Crippen LogP contribution in [0.25, 0.3) is 0 Å². The predicted molar refractivity (Wildman–Crippen MR) is 39.4 cm³/mol. The maximum atomic E-state index is 10.7. The quantitative estimate of drug-likeness (QED) is 0.591. The molecule has 0 unspecified atom stereocenters. The Labute approximate surface area is 65.5 Å². The standard InChI is InChI=1S/C7H13NO3/c1-11-3-2-7(6(9)10)4-8-5-7/h8H,2-5H2,1H3,(H,9,10). The lowest BCUT2D eigenvalue weighted by molar-refractivity contribution is -0.153. The maximum absolute atomic E-state index is 10.7. The van der Waals surface area contributed by atoms with Crippen LogP contribution in [0.1, 0.15) is 6.42 Å². The van der Waals surface area contributed by atoms with Crippen LogP contribution >= 0.6 is 0 Å². The zero-order chi connectivity index (χ0) is 8.32. The highest BCUT2D eigenvalue weighted by Crippen LogP contribution is 2.26. The SMILES string of the molecule is COCCC1(C(=O)O)CNC1. The Bertz CT molecular complexity index is 154. The summed E-state index contributed by atoms with van der Waals surface area (Å²) in [5.74, 6) is -0.715. The highest BCUT2D eigenvalue weighted by atomic mass is 16.5. The van der Waals surface area contributed by atoms with Crippen molar-refractivity contribution < 1.29 is 14.6 Å². The van der Waals surface area contributed by atoms with Crippen molar-refractivity contribution >= 4 is 5.97 Å². The van der Waals surface area contributed by atoms with E-state index in [2.05, 4.69) is 5.32 Å². The van der Waals surface area contributed by atoms with Crippen molar-refractivity contribution in [2.24, 2.45) is 5.41 Å². The lowest BCUT2D eigenvalue weighted by Crippen LogP contribution is -2.58. The van der Waals surface area contributed by atoms with Gasteiger partial charge >= 0.3 is 5.97 Å². The number of carboxylic acids is 1. The zero-order valence-corrected chi connectivity index (χ0v) is 6.59. The summed E-state index contributed by atoms with van der Waals surface area (Å²) in [5, 5.41) is 11.8. The van der Waals surface area contributed by atoms with Crippen LogP contribution in [0.15, 0.2) is 0 Å². The molecule has 0 bridgehead atoms. The van der Waals surface area contributed by atoms with Crippen LogP contribution in [0.2, 0.25) is 0 Å². The fourth-order valence-electron chi connectivity index (χ4n) is 1.16. The molecule has 1 heterocycles. The molecule has 0 aromatic heterocycles. The van der Waals surface area contributed by atoms with E-state index in [1.54, 1.807) is 7.11 Å². The number of hydrogen-bond donors (Lipinski definition) is 2. The molecule has 4 nitrogen and oxygen atoms in total. The molecule has 0 aliphatic carbocycles. The third kappa shape index (κ3) is 1.52. The van der Waals surface area contributed by atoms with E-state index in [4.69, 9.17) is 9.84 Å². The van der Waals surface area contributed by atoms with Crippen molar-refractivity contribution in [3.05, 3.63) is 0 Å². The van der Waals surface area contributed by atoms with Crippen molar-refractivity contribution in [2.75, 3.05) is 26.8 Å². The van der Waals surface area contributed by atoms with Gasteiger partial charge in [-0.1, -0.05) is 0 Å². The normalized spacial score (nSPS) is 20.8. The number of ether oxygens (including phenoxy) is 1. The Kier molecular flexibility index (Phi) is 2.46. The second-order valence-corrected chi connectivity index (χ2v) is 2.93. The molecule has 1 rings (SSSR count). The summed E-state index contributed by atoms with van der Waals surface area (Å²) < 4.78 is 4.83. The summed E-state index contributed by atoms with van der Waals surface area (Å²) in [6.07, 6.45) is 0.603. The highest BCUT2D eigenvalue weighted by Gasteiger charge is 2.43. The minimum atomic E-state index is -0.715. The van der Waals surface area contributed by atoms with Crippen LogP contribution in [0.3, 0.4) is 0 Å². The Balaban J connectivity index is 2.40. The molecular weight excluding hydrogens is 146 g/mol. The van der Waals surface area contributed by atoms with Crippen LogP contribution in [0, 0.1) is 5.41 Å². The highest BCUT2D eigenvalue weighted by molar-refractivity contribution is 5.76. The number of carboxylic acid groups (broad SMARTS) is 1. The van der Waals surface area contributed by atoms with Crippen LogP contribution < -0.4 is 5.32 Å². The summed E-state index contributed by atoms with van der Waals surface area (Å²) in [7, 11) is 1.58. The Morgan fingerprint density at radius 3 is 2.64 bits per heavy atom. The topological polar surface area (TPSA) is 58.6 Å². The van der Waals surface area contributed by atoms with Gasteiger partial charge in [-0.25, -0.2) is 0 Å². The first-order valence-corrected chi connectivity index (χ1v) is 3.64. The largest absolute Gasteiger partial charge is 0.481 e. The number of rotatable bonds is 4. The van der Waals surface area contributed by atoms with E-state index in [0.717, 1.165) is 0 Å². The van der Waals surface area contributed by atoms with E-state index in [1.807, 2.05) is 0 Å². The molecule has 1 aliphatic heterocycles. The van der Waals surface area contributed by atoms with Gasteiger partial charge in [-0.05, 0) is 6.42 Å². The Morgan fingerprint density at radius 2 is 2.36 bits per heavy atom. The molecule has 0 aromatic rings. The van der Waals surface area contributed by atoms with Crippen molar-refractivity contribution in [1.82, 2.24) is 5.32 Å². The van der Waals surface area contributed by atoms with Crippen LogP contribution in [-0.4, -0.2) is 37.9 Å². The zero-order valence-electron chi connectivity index (χ0n) is 6.59. The molecular formula is C7H13NO3. The molecule has 2 N–H and O–H groups in total. The Hall–Kier alpha value is -0.610. The van der Waals surface area contributed by atoms with E-state index in [1.165, 1.54) is 0 Å². The maximum Gasteiger partial charge on any atom is 0.312 e. The first-order chi connectivity index (χ1) is 5.21. The average molecular weight is 159 g/mol. The van der Waals surface area contributed by atoms with Gasteiger partial charge in [0.2, 0.25) is 0 Å². The molecule has 1 saturated heterocycles. The van der Waals surface area contributed by atoms with Crippen molar-refractivity contribution in [3.8, 4) is 0 Å². The van der Waals surface area contributed by atoms with Gasteiger partial charge in [0, 0.05) is 26.8 Å². The number of hydrogen-bond acceptors (Lipinski definition) is 3. The second kappa shape index (κ2) is 3.19. The molecule has 11 heavy (non-hydrogen) atoms. The first kappa shape index (κ1) is 8.49. The Morgan fingerprint density at radius 1 is 1.73 bits per heavy atom. The van der Waals surface area contributed by atoms with E-state index < -0.39 is 11.4 Å². The molecule has 0 atom stereocenters. The van der Waals surface area contributed by atoms with Gasteiger partial charge in [0.05, 0.1) is 5.41 Å². The van der Waals surface area contributed by atoms with E-state index in [-0.39, 0.29) is 0 Å². The molecule has 64 valence electrons. The smallest absolute Gasteiger partial charge is 0.312 e. The molecule has 1 fully saturated rings. The molecule has 1 aliphatic rings. The van der Waals surface area contributed by atoms with Gasteiger partial charge < -0.3 is 15.2 Å². The summed E-state index contributed by atoms with van der Waals surface area (Å²) in [4.78, 5) is 10.7. The van der Waals surface area contributed by atoms with Gasteiger partial charge in [0.25, 0.3) is 0 Å². The van der Waals surface area contributed by atoms with Gasteiger partial charge in [-0.2, -0.15) is 0 Å². The first-order valence-electron chi connectivity index (χ1n) is 3.64.